The first-order chi connectivity index (χ1) is 8.79. The molecule has 0 spiro atoms. The van der Waals surface area contributed by atoms with Gasteiger partial charge in [0.15, 0.2) is 0 Å². The Labute approximate surface area is 113 Å². The van der Waals surface area contributed by atoms with Crippen LogP contribution in [0.15, 0.2) is 24.3 Å². The second-order valence-electron chi connectivity index (χ2n) is 4.55. The van der Waals surface area contributed by atoms with Crippen LogP contribution in [-0.2, 0) is 9.84 Å². The van der Waals surface area contributed by atoms with Gasteiger partial charge in [0.25, 0.3) is 5.91 Å². The largest absolute Gasteiger partial charge is 0.490 e. The highest BCUT2D eigenvalue weighted by atomic mass is 32.2. The third-order valence-corrected chi connectivity index (χ3v) is 3.20. The summed E-state index contributed by atoms with van der Waals surface area (Å²) >= 11 is 0. The van der Waals surface area contributed by atoms with E-state index in [-0.39, 0.29) is 24.3 Å². The van der Waals surface area contributed by atoms with Gasteiger partial charge in [0.05, 0.1) is 17.4 Å². The van der Waals surface area contributed by atoms with Gasteiger partial charge in [0.2, 0.25) is 0 Å². The number of hydrogen-bond donors (Lipinski definition) is 1. The molecule has 1 N–H and O–H groups in total. The molecule has 0 radical (unpaired) electrons. The lowest BCUT2D eigenvalue weighted by Gasteiger charge is -2.13. The summed E-state index contributed by atoms with van der Waals surface area (Å²) in [6, 6.07) is 6.88. The maximum absolute atomic E-state index is 11.9. The van der Waals surface area contributed by atoms with E-state index in [1.807, 2.05) is 13.8 Å². The number of carbonyl (C=O) groups is 1. The molecule has 6 heteroatoms. The van der Waals surface area contributed by atoms with Crippen molar-refractivity contribution in [2.75, 3.05) is 18.6 Å². The Balaban J connectivity index is 2.71. The molecule has 1 aromatic carbocycles. The van der Waals surface area contributed by atoms with Crippen LogP contribution in [0.4, 0.5) is 0 Å². The smallest absolute Gasteiger partial charge is 0.255 e. The van der Waals surface area contributed by atoms with E-state index in [0.29, 0.717) is 11.3 Å². The van der Waals surface area contributed by atoms with Crippen molar-refractivity contribution in [3.8, 4) is 5.75 Å². The van der Waals surface area contributed by atoms with Gasteiger partial charge in [-0.05, 0) is 26.0 Å². The minimum absolute atomic E-state index is 0.0371. The molecule has 0 aliphatic carbocycles. The summed E-state index contributed by atoms with van der Waals surface area (Å²) in [6.45, 7) is 3.84. The van der Waals surface area contributed by atoms with Gasteiger partial charge in [-0.3, -0.25) is 4.79 Å². The number of amides is 1. The Morgan fingerprint density at radius 3 is 2.53 bits per heavy atom. The summed E-state index contributed by atoms with van der Waals surface area (Å²) in [5.74, 6) is 0.0839. The molecule has 1 rings (SSSR count). The van der Waals surface area contributed by atoms with Gasteiger partial charge in [0.1, 0.15) is 15.6 Å². The second-order valence-corrected chi connectivity index (χ2v) is 6.81. The highest BCUT2D eigenvalue weighted by molar-refractivity contribution is 7.90. The molecule has 1 amide bonds. The average molecular weight is 285 g/mol. The predicted molar refractivity (Wildman–Crippen MR) is 74.3 cm³/mol. The first-order valence-corrected chi connectivity index (χ1v) is 8.07. The zero-order valence-corrected chi connectivity index (χ0v) is 12.2. The van der Waals surface area contributed by atoms with Crippen LogP contribution in [0.1, 0.15) is 24.2 Å². The van der Waals surface area contributed by atoms with Gasteiger partial charge in [-0.15, -0.1) is 0 Å². The summed E-state index contributed by atoms with van der Waals surface area (Å²) in [5.41, 5.74) is 0.407. The lowest BCUT2D eigenvalue weighted by molar-refractivity contribution is 0.0950. The number of hydrogen-bond acceptors (Lipinski definition) is 4. The Bertz CT molecular complexity index is 537. The van der Waals surface area contributed by atoms with Crippen LogP contribution in [0.25, 0.3) is 0 Å². The molecule has 0 heterocycles. The van der Waals surface area contributed by atoms with E-state index in [9.17, 15) is 13.2 Å². The molecule has 19 heavy (non-hydrogen) atoms. The molecule has 0 bridgehead atoms. The van der Waals surface area contributed by atoms with Crippen molar-refractivity contribution in [2.24, 2.45) is 0 Å². The van der Waals surface area contributed by atoms with E-state index in [4.69, 9.17) is 4.74 Å². The highest BCUT2D eigenvalue weighted by Gasteiger charge is 2.13. The molecule has 0 unspecified atom stereocenters. The van der Waals surface area contributed by atoms with E-state index < -0.39 is 9.84 Å². The summed E-state index contributed by atoms with van der Waals surface area (Å²) in [4.78, 5) is 11.9. The molecule has 0 fully saturated rings. The first-order valence-electron chi connectivity index (χ1n) is 6.01. The molecule has 0 aromatic heterocycles. The van der Waals surface area contributed by atoms with Gasteiger partial charge >= 0.3 is 0 Å². The number of para-hydroxylation sites is 1. The number of sulfone groups is 1. The molecule has 0 atom stereocenters. The molecule has 0 aliphatic heterocycles. The Kier molecular flexibility index (Phi) is 5.35. The molecule has 106 valence electrons. The highest BCUT2D eigenvalue weighted by Crippen LogP contribution is 2.19. The molecule has 5 nitrogen and oxygen atoms in total. The van der Waals surface area contributed by atoms with E-state index in [0.717, 1.165) is 6.26 Å². The zero-order chi connectivity index (χ0) is 14.5. The van der Waals surface area contributed by atoms with Crippen molar-refractivity contribution in [2.45, 2.75) is 20.0 Å². The lowest BCUT2D eigenvalue weighted by atomic mass is 10.2. The summed E-state index contributed by atoms with van der Waals surface area (Å²) < 4.78 is 27.5. The van der Waals surface area contributed by atoms with Crippen molar-refractivity contribution in [1.82, 2.24) is 5.32 Å². The quantitative estimate of drug-likeness (QED) is 0.853. The first kappa shape index (κ1) is 15.5. The monoisotopic (exact) mass is 285 g/mol. The maximum Gasteiger partial charge on any atom is 0.255 e. The third kappa shape index (κ3) is 5.74. The maximum atomic E-state index is 11.9. The Morgan fingerprint density at radius 2 is 1.95 bits per heavy atom. The predicted octanol–water partition coefficient (Wildman–Crippen LogP) is 1.25. The van der Waals surface area contributed by atoms with Gasteiger partial charge in [-0.25, -0.2) is 8.42 Å². The van der Waals surface area contributed by atoms with E-state index in [1.54, 1.807) is 24.3 Å². The van der Waals surface area contributed by atoms with Gasteiger partial charge in [0, 0.05) is 12.8 Å². The summed E-state index contributed by atoms with van der Waals surface area (Å²) in [5, 5.41) is 2.57. The van der Waals surface area contributed by atoms with Crippen LogP contribution < -0.4 is 10.1 Å². The fourth-order valence-corrected chi connectivity index (χ4v) is 1.93. The van der Waals surface area contributed by atoms with Crippen molar-refractivity contribution < 1.29 is 17.9 Å². The molecule has 1 aromatic rings. The third-order valence-electron chi connectivity index (χ3n) is 2.25. The molecule has 0 saturated heterocycles. The summed E-state index contributed by atoms with van der Waals surface area (Å²) in [7, 11) is -3.08. The van der Waals surface area contributed by atoms with Gasteiger partial charge in [-0.1, -0.05) is 12.1 Å². The molecule has 0 saturated carbocycles. The summed E-state index contributed by atoms with van der Waals surface area (Å²) in [6.07, 6.45) is 1.10. The fraction of sp³-hybridized carbons (Fsp3) is 0.462. The minimum atomic E-state index is -3.08. The van der Waals surface area contributed by atoms with Crippen molar-refractivity contribution >= 4 is 15.7 Å². The van der Waals surface area contributed by atoms with Crippen LogP contribution in [0.3, 0.4) is 0 Å². The Morgan fingerprint density at radius 1 is 1.32 bits per heavy atom. The van der Waals surface area contributed by atoms with Crippen LogP contribution >= 0.6 is 0 Å². The molecular formula is C13H19NO4S. The Hall–Kier alpha value is -1.56. The van der Waals surface area contributed by atoms with Crippen LogP contribution in [0, 0.1) is 0 Å². The minimum Gasteiger partial charge on any atom is -0.490 e. The SMILES string of the molecule is CC(C)Oc1ccccc1C(=O)NCCS(C)(=O)=O. The van der Waals surface area contributed by atoms with Crippen LogP contribution in [0.5, 0.6) is 5.75 Å². The number of ether oxygens (including phenoxy) is 1. The van der Waals surface area contributed by atoms with Crippen molar-refractivity contribution in [3.05, 3.63) is 29.8 Å². The number of nitrogens with one attached hydrogen (secondary N) is 1. The lowest BCUT2D eigenvalue weighted by Crippen LogP contribution is -2.29. The van der Waals surface area contributed by atoms with Crippen LogP contribution in [0.2, 0.25) is 0 Å². The second kappa shape index (κ2) is 6.56. The van der Waals surface area contributed by atoms with Crippen molar-refractivity contribution in [1.29, 1.82) is 0 Å². The van der Waals surface area contributed by atoms with E-state index >= 15 is 0 Å². The standard InChI is InChI=1S/C13H19NO4S/c1-10(2)18-12-7-5-4-6-11(12)13(15)14-8-9-19(3,16)17/h4-7,10H,8-9H2,1-3H3,(H,14,15). The van der Waals surface area contributed by atoms with Crippen LogP contribution in [-0.4, -0.2) is 39.0 Å². The zero-order valence-electron chi connectivity index (χ0n) is 11.3. The number of carbonyl (C=O) groups excluding carboxylic acids is 1. The van der Waals surface area contributed by atoms with Gasteiger partial charge < -0.3 is 10.1 Å². The van der Waals surface area contributed by atoms with E-state index in [2.05, 4.69) is 5.32 Å². The topological polar surface area (TPSA) is 72.5 Å². The molecule has 0 aliphatic rings. The number of benzene rings is 1. The van der Waals surface area contributed by atoms with Crippen molar-refractivity contribution in [3.63, 3.8) is 0 Å². The average Bonchev–Trinajstić information content (AvgIpc) is 2.27. The molecular weight excluding hydrogens is 266 g/mol. The van der Waals surface area contributed by atoms with E-state index in [1.165, 1.54) is 0 Å². The van der Waals surface area contributed by atoms with Gasteiger partial charge in [-0.2, -0.15) is 0 Å². The fourth-order valence-electron chi connectivity index (χ4n) is 1.46. The normalized spacial score (nSPS) is 11.4. The number of rotatable bonds is 6.